The van der Waals surface area contributed by atoms with Crippen molar-refractivity contribution in [1.29, 1.82) is 0 Å². The molecule has 20 heavy (non-hydrogen) atoms. The van der Waals surface area contributed by atoms with Crippen LogP contribution in [0.5, 0.6) is 0 Å². The first kappa shape index (κ1) is 13.7. The molecule has 2 aromatic carbocycles. The normalized spacial score (nSPS) is 22.6. The van der Waals surface area contributed by atoms with Gasteiger partial charge in [0.15, 0.2) is 0 Å². The van der Waals surface area contributed by atoms with E-state index in [-0.39, 0.29) is 5.92 Å². The molecule has 2 aromatic rings. The Hall–Kier alpha value is -1.31. The SMILES string of the molecule is Cc1cc(Cl)c(C(O)C2CC2c2ccccc2)cc1C. The summed E-state index contributed by atoms with van der Waals surface area (Å²) in [5.74, 6) is 0.751. The molecule has 3 rings (SSSR count). The van der Waals surface area contributed by atoms with Crippen LogP contribution < -0.4 is 0 Å². The summed E-state index contributed by atoms with van der Waals surface area (Å²) >= 11 is 6.30. The monoisotopic (exact) mass is 286 g/mol. The van der Waals surface area contributed by atoms with Gasteiger partial charge in [-0.05, 0) is 60.4 Å². The summed E-state index contributed by atoms with van der Waals surface area (Å²) in [4.78, 5) is 0. The fourth-order valence-corrected chi connectivity index (χ4v) is 3.24. The maximum Gasteiger partial charge on any atom is 0.0838 e. The molecule has 1 aliphatic carbocycles. The largest absolute Gasteiger partial charge is 0.388 e. The smallest absolute Gasteiger partial charge is 0.0838 e. The average Bonchev–Trinajstić information content (AvgIpc) is 3.23. The highest BCUT2D eigenvalue weighted by atomic mass is 35.5. The minimum Gasteiger partial charge on any atom is -0.388 e. The second-order valence-corrected chi connectivity index (χ2v) is 6.23. The minimum absolute atomic E-state index is 0.289. The van der Waals surface area contributed by atoms with Crippen LogP contribution in [0.4, 0.5) is 0 Å². The van der Waals surface area contributed by atoms with Crippen molar-refractivity contribution in [3.8, 4) is 0 Å². The zero-order valence-electron chi connectivity index (χ0n) is 11.8. The van der Waals surface area contributed by atoms with Gasteiger partial charge in [0.1, 0.15) is 0 Å². The summed E-state index contributed by atoms with van der Waals surface area (Å²) in [6.07, 6.45) is 0.570. The van der Waals surface area contributed by atoms with Crippen LogP contribution in [0.25, 0.3) is 0 Å². The van der Waals surface area contributed by atoms with Gasteiger partial charge >= 0.3 is 0 Å². The Labute approximate surface area is 125 Å². The van der Waals surface area contributed by atoms with Gasteiger partial charge in [0.05, 0.1) is 6.10 Å². The summed E-state index contributed by atoms with van der Waals surface area (Å²) in [5.41, 5.74) is 4.54. The van der Waals surface area contributed by atoms with E-state index in [1.165, 1.54) is 16.7 Å². The molecule has 104 valence electrons. The first-order valence-electron chi connectivity index (χ1n) is 7.07. The molecule has 0 aromatic heterocycles. The van der Waals surface area contributed by atoms with Crippen molar-refractivity contribution in [2.75, 3.05) is 0 Å². The third-order valence-electron chi connectivity index (χ3n) is 4.40. The Kier molecular flexibility index (Phi) is 3.57. The van der Waals surface area contributed by atoms with E-state index in [4.69, 9.17) is 11.6 Å². The quantitative estimate of drug-likeness (QED) is 0.860. The zero-order valence-corrected chi connectivity index (χ0v) is 12.6. The van der Waals surface area contributed by atoms with E-state index >= 15 is 0 Å². The average molecular weight is 287 g/mol. The van der Waals surface area contributed by atoms with Crippen LogP contribution in [0.3, 0.4) is 0 Å². The molecule has 0 radical (unpaired) electrons. The third kappa shape index (κ3) is 2.48. The molecule has 1 N–H and O–H groups in total. The molecule has 0 saturated heterocycles. The van der Waals surface area contributed by atoms with E-state index in [1.54, 1.807) is 0 Å². The van der Waals surface area contributed by atoms with Crippen LogP contribution in [-0.4, -0.2) is 5.11 Å². The van der Waals surface area contributed by atoms with E-state index in [0.717, 1.165) is 12.0 Å². The third-order valence-corrected chi connectivity index (χ3v) is 4.73. The lowest BCUT2D eigenvalue weighted by molar-refractivity contribution is 0.151. The fraction of sp³-hybridized carbons (Fsp3) is 0.333. The maximum absolute atomic E-state index is 10.6. The zero-order chi connectivity index (χ0) is 14.3. The van der Waals surface area contributed by atoms with Gasteiger partial charge in [0.2, 0.25) is 0 Å². The highest BCUT2D eigenvalue weighted by molar-refractivity contribution is 6.31. The van der Waals surface area contributed by atoms with Gasteiger partial charge in [-0.15, -0.1) is 0 Å². The molecule has 0 heterocycles. The number of rotatable bonds is 3. The van der Waals surface area contributed by atoms with Crippen LogP contribution in [0.1, 0.15) is 40.7 Å². The Morgan fingerprint density at radius 2 is 1.75 bits per heavy atom. The summed E-state index contributed by atoms with van der Waals surface area (Å²) in [6, 6.07) is 14.4. The highest BCUT2D eigenvalue weighted by Crippen LogP contribution is 2.54. The number of aliphatic hydroxyl groups excluding tert-OH is 1. The highest BCUT2D eigenvalue weighted by Gasteiger charge is 2.44. The molecule has 2 heteroatoms. The van der Waals surface area contributed by atoms with Gasteiger partial charge in [-0.2, -0.15) is 0 Å². The molecule has 3 unspecified atom stereocenters. The summed E-state index contributed by atoms with van der Waals surface area (Å²) in [7, 11) is 0. The molecule has 0 aliphatic heterocycles. The summed E-state index contributed by atoms with van der Waals surface area (Å²) < 4.78 is 0. The van der Waals surface area contributed by atoms with Crippen LogP contribution in [0.15, 0.2) is 42.5 Å². The van der Waals surface area contributed by atoms with Gasteiger partial charge in [-0.1, -0.05) is 48.0 Å². The Morgan fingerprint density at radius 1 is 1.10 bits per heavy atom. The van der Waals surface area contributed by atoms with Crippen molar-refractivity contribution >= 4 is 11.6 Å². The second kappa shape index (κ2) is 5.23. The second-order valence-electron chi connectivity index (χ2n) is 5.82. The van der Waals surface area contributed by atoms with Crippen LogP contribution >= 0.6 is 11.6 Å². The number of hydrogen-bond donors (Lipinski definition) is 1. The Balaban J connectivity index is 1.82. The molecule has 1 fully saturated rings. The van der Waals surface area contributed by atoms with E-state index in [2.05, 4.69) is 31.2 Å². The van der Waals surface area contributed by atoms with E-state index in [1.807, 2.05) is 25.1 Å². The van der Waals surface area contributed by atoms with Gasteiger partial charge < -0.3 is 5.11 Å². The van der Waals surface area contributed by atoms with E-state index in [9.17, 15) is 5.11 Å². The van der Waals surface area contributed by atoms with Crippen molar-refractivity contribution in [3.63, 3.8) is 0 Å². The number of hydrogen-bond acceptors (Lipinski definition) is 1. The first-order valence-corrected chi connectivity index (χ1v) is 7.45. The van der Waals surface area contributed by atoms with Gasteiger partial charge in [-0.3, -0.25) is 0 Å². The van der Waals surface area contributed by atoms with Crippen molar-refractivity contribution in [1.82, 2.24) is 0 Å². The lowest BCUT2D eigenvalue weighted by Crippen LogP contribution is -2.03. The predicted molar refractivity (Wildman–Crippen MR) is 83.2 cm³/mol. The summed E-state index contributed by atoms with van der Waals surface area (Å²) in [5, 5.41) is 11.3. The molecule has 1 nitrogen and oxygen atoms in total. The Bertz CT molecular complexity index is 621. The molecular weight excluding hydrogens is 268 g/mol. The van der Waals surface area contributed by atoms with Crippen LogP contribution in [0.2, 0.25) is 5.02 Å². The van der Waals surface area contributed by atoms with Crippen LogP contribution in [-0.2, 0) is 0 Å². The molecule has 1 aliphatic rings. The molecule has 3 atom stereocenters. The van der Waals surface area contributed by atoms with Crippen molar-refractivity contribution < 1.29 is 5.11 Å². The van der Waals surface area contributed by atoms with Gasteiger partial charge in [0, 0.05) is 5.02 Å². The molecule has 0 bridgehead atoms. The molecule has 0 spiro atoms. The number of aliphatic hydroxyl groups is 1. The number of benzene rings is 2. The predicted octanol–water partition coefficient (Wildman–Crippen LogP) is 4.79. The molecule has 0 amide bonds. The lowest BCUT2D eigenvalue weighted by atomic mass is 9.98. The van der Waals surface area contributed by atoms with Crippen LogP contribution in [0, 0.1) is 19.8 Å². The number of aryl methyl sites for hydroxylation is 2. The van der Waals surface area contributed by atoms with Crippen molar-refractivity contribution in [2.24, 2.45) is 5.92 Å². The fourth-order valence-electron chi connectivity index (χ4n) is 2.91. The standard InChI is InChI=1S/C18H19ClO/c1-11-8-16(17(19)9-12(11)2)18(20)15-10-14(15)13-6-4-3-5-7-13/h3-9,14-15,18,20H,10H2,1-2H3. The first-order chi connectivity index (χ1) is 9.58. The minimum atomic E-state index is -0.466. The van der Waals surface area contributed by atoms with Gasteiger partial charge in [0.25, 0.3) is 0 Å². The molecular formula is C18H19ClO. The molecule has 1 saturated carbocycles. The summed E-state index contributed by atoms with van der Waals surface area (Å²) in [6.45, 7) is 4.10. The van der Waals surface area contributed by atoms with E-state index < -0.39 is 6.10 Å². The van der Waals surface area contributed by atoms with Gasteiger partial charge in [-0.25, -0.2) is 0 Å². The van der Waals surface area contributed by atoms with E-state index in [0.29, 0.717) is 10.9 Å². The lowest BCUT2D eigenvalue weighted by Gasteiger charge is -2.15. The van der Waals surface area contributed by atoms with Crippen molar-refractivity contribution in [2.45, 2.75) is 32.3 Å². The maximum atomic E-state index is 10.6. The number of halogens is 1. The van der Waals surface area contributed by atoms with Crippen molar-refractivity contribution in [3.05, 3.63) is 69.7 Å². The topological polar surface area (TPSA) is 20.2 Å². The Morgan fingerprint density at radius 3 is 2.45 bits per heavy atom.